The fourth-order valence-corrected chi connectivity index (χ4v) is 7.02. The maximum Gasteiger partial charge on any atom is 0.228 e. The van der Waals surface area contributed by atoms with Crippen molar-refractivity contribution in [2.24, 2.45) is 13.0 Å². The van der Waals surface area contributed by atoms with Crippen LogP contribution in [0.25, 0.3) is 43.6 Å². The molecule has 36 heavy (non-hydrogen) atoms. The fraction of sp³-hybridized carbons (Fsp3) is 0.324. The van der Waals surface area contributed by atoms with E-state index >= 15 is 0 Å². The summed E-state index contributed by atoms with van der Waals surface area (Å²) in [6.45, 7) is 6.83. The molecule has 0 spiro atoms. The number of aryl methyl sites for hydroxylation is 2. The molecule has 180 valence electrons. The molecular formula is C34H34NO+. The maximum atomic E-state index is 7.06. The number of ether oxygens (including phenoxy) is 1. The molecule has 0 atom stereocenters. The first-order valence-electron chi connectivity index (χ1n) is 13.6. The van der Waals surface area contributed by atoms with E-state index in [1.807, 2.05) is 0 Å². The Bertz CT molecular complexity index is 1690. The van der Waals surface area contributed by atoms with Gasteiger partial charge in [0.05, 0.1) is 10.9 Å². The van der Waals surface area contributed by atoms with Crippen molar-refractivity contribution in [3.05, 3.63) is 77.5 Å². The van der Waals surface area contributed by atoms with Crippen molar-refractivity contribution in [1.82, 2.24) is 0 Å². The highest BCUT2D eigenvalue weighted by molar-refractivity contribution is 6.13. The third kappa shape index (κ3) is 3.13. The van der Waals surface area contributed by atoms with E-state index in [4.69, 9.17) is 4.74 Å². The van der Waals surface area contributed by atoms with Crippen LogP contribution in [0.15, 0.2) is 60.8 Å². The monoisotopic (exact) mass is 472 g/mol. The highest BCUT2D eigenvalue weighted by atomic mass is 16.5. The van der Waals surface area contributed by atoms with Crippen LogP contribution >= 0.6 is 0 Å². The first kappa shape index (κ1) is 21.9. The molecule has 2 heterocycles. The number of aromatic nitrogens is 1. The molecule has 7 rings (SSSR count). The van der Waals surface area contributed by atoms with Crippen LogP contribution in [0.2, 0.25) is 0 Å². The Kier molecular flexibility index (Phi) is 4.90. The van der Waals surface area contributed by atoms with E-state index in [0.29, 0.717) is 5.92 Å². The predicted octanol–water partition coefficient (Wildman–Crippen LogP) is 8.91. The van der Waals surface area contributed by atoms with Gasteiger partial charge in [0, 0.05) is 17.0 Å². The summed E-state index contributed by atoms with van der Waals surface area (Å²) in [5, 5.41) is 7.63. The minimum atomic E-state index is 0.350. The molecule has 0 unspecified atom stereocenters. The van der Waals surface area contributed by atoms with Crippen molar-refractivity contribution < 1.29 is 9.30 Å². The SMILES string of the molecule is Cc1c2c(c(C(C)C)c3ccccc13)Oc1c3ccc(CC4CCCC4)cc3cc3cc[n+](C)c-2c13. The summed E-state index contributed by atoms with van der Waals surface area (Å²) in [4.78, 5) is 0. The smallest absolute Gasteiger partial charge is 0.228 e. The molecule has 2 heteroatoms. The Morgan fingerprint density at radius 3 is 2.44 bits per heavy atom. The van der Waals surface area contributed by atoms with E-state index < -0.39 is 0 Å². The van der Waals surface area contributed by atoms with Crippen molar-refractivity contribution in [2.45, 2.75) is 58.8 Å². The van der Waals surface area contributed by atoms with E-state index in [9.17, 15) is 0 Å². The van der Waals surface area contributed by atoms with Crippen LogP contribution in [0.5, 0.6) is 11.5 Å². The molecule has 0 bridgehead atoms. The van der Waals surface area contributed by atoms with Crippen molar-refractivity contribution in [3.8, 4) is 22.8 Å². The Labute approximate surface area is 213 Å². The number of pyridine rings is 1. The van der Waals surface area contributed by atoms with E-state index in [0.717, 1.165) is 17.4 Å². The molecule has 1 aliphatic carbocycles. The summed E-state index contributed by atoms with van der Waals surface area (Å²) in [5.74, 6) is 3.26. The molecule has 5 aromatic rings. The summed E-state index contributed by atoms with van der Waals surface area (Å²) in [5.41, 5.74) is 6.58. The van der Waals surface area contributed by atoms with Gasteiger partial charge in [0.1, 0.15) is 18.5 Å². The molecular weight excluding hydrogens is 438 g/mol. The minimum absolute atomic E-state index is 0.350. The van der Waals surface area contributed by atoms with Gasteiger partial charge in [0.15, 0.2) is 6.20 Å². The topological polar surface area (TPSA) is 13.1 Å². The summed E-state index contributed by atoms with van der Waals surface area (Å²) in [7, 11) is 2.17. The third-order valence-corrected chi connectivity index (χ3v) is 8.74. The summed E-state index contributed by atoms with van der Waals surface area (Å²) in [6, 6.07) is 20.5. The fourth-order valence-electron chi connectivity index (χ4n) is 7.02. The second kappa shape index (κ2) is 8.06. The number of rotatable bonds is 3. The molecule has 1 fully saturated rings. The lowest BCUT2D eigenvalue weighted by Gasteiger charge is -2.27. The molecule has 0 amide bonds. The van der Waals surface area contributed by atoms with Gasteiger partial charge in [0.25, 0.3) is 0 Å². The first-order valence-corrected chi connectivity index (χ1v) is 13.6. The number of hydrogen-bond acceptors (Lipinski definition) is 1. The van der Waals surface area contributed by atoms with Crippen LogP contribution in [0.4, 0.5) is 0 Å². The van der Waals surface area contributed by atoms with Crippen molar-refractivity contribution in [2.75, 3.05) is 0 Å². The van der Waals surface area contributed by atoms with Crippen molar-refractivity contribution in [1.29, 1.82) is 0 Å². The summed E-state index contributed by atoms with van der Waals surface area (Å²) in [6.07, 6.45) is 8.97. The molecule has 1 saturated carbocycles. The highest BCUT2D eigenvalue weighted by Gasteiger charge is 2.34. The van der Waals surface area contributed by atoms with Crippen LogP contribution in [0.3, 0.4) is 0 Å². The third-order valence-electron chi connectivity index (χ3n) is 8.74. The zero-order valence-corrected chi connectivity index (χ0v) is 21.8. The van der Waals surface area contributed by atoms with Crippen molar-refractivity contribution in [3.63, 3.8) is 0 Å². The zero-order chi connectivity index (χ0) is 24.6. The summed E-state index contributed by atoms with van der Waals surface area (Å²) < 4.78 is 9.35. The lowest BCUT2D eigenvalue weighted by molar-refractivity contribution is -0.659. The second-order valence-corrected chi connectivity index (χ2v) is 11.4. The van der Waals surface area contributed by atoms with E-state index in [2.05, 4.69) is 93.2 Å². The molecule has 1 aromatic heterocycles. The van der Waals surface area contributed by atoms with Gasteiger partial charge in [-0.1, -0.05) is 82.0 Å². The first-order chi connectivity index (χ1) is 17.5. The Morgan fingerprint density at radius 1 is 0.889 bits per heavy atom. The standard InChI is InChI=1S/C34H34NO/c1-20(2)29-28-12-8-7-11-26(28)21(3)30-32-31-24(15-16-35(32)4)19-25-18-23(17-22-9-5-6-10-22)13-14-27(25)33(31)36-34(29)30/h7-8,11-16,18-20,22H,5-6,9-10,17H2,1-4H3/q+1. The maximum absolute atomic E-state index is 7.06. The predicted molar refractivity (Wildman–Crippen MR) is 150 cm³/mol. The van der Waals surface area contributed by atoms with Gasteiger partial charge in [-0.2, -0.15) is 0 Å². The minimum Gasteiger partial charge on any atom is -0.455 e. The lowest BCUT2D eigenvalue weighted by Crippen LogP contribution is -2.32. The van der Waals surface area contributed by atoms with Gasteiger partial charge in [-0.25, -0.2) is 4.57 Å². The molecule has 0 saturated heterocycles. The Hall–Kier alpha value is -3.39. The van der Waals surface area contributed by atoms with Gasteiger partial charge < -0.3 is 4.74 Å². The second-order valence-electron chi connectivity index (χ2n) is 11.4. The Balaban J connectivity index is 1.54. The number of fused-ring (bicyclic) bond motifs is 5. The van der Waals surface area contributed by atoms with E-state index in [-0.39, 0.29) is 0 Å². The molecule has 1 aliphatic heterocycles. The quantitative estimate of drug-likeness (QED) is 0.185. The van der Waals surface area contributed by atoms with Gasteiger partial charge in [0.2, 0.25) is 5.69 Å². The molecule has 4 aromatic carbocycles. The van der Waals surface area contributed by atoms with E-state index in [1.54, 1.807) is 0 Å². The molecule has 2 nitrogen and oxygen atoms in total. The number of hydrogen-bond donors (Lipinski definition) is 0. The van der Waals surface area contributed by atoms with Gasteiger partial charge >= 0.3 is 0 Å². The van der Waals surface area contributed by atoms with Crippen LogP contribution in [0.1, 0.15) is 62.1 Å². The van der Waals surface area contributed by atoms with Gasteiger partial charge in [-0.05, 0) is 63.9 Å². The van der Waals surface area contributed by atoms with Crippen LogP contribution in [0, 0.1) is 12.8 Å². The molecule has 2 aliphatic rings. The average molecular weight is 473 g/mol. The van der Waals surface area contributed by atoms with Gasteiger partial charge in [-0.3, -0.25) is 0 Å². The summed E-state index contributed by atoms with van der Waals surface area (Å²) >= 11 is 0. The molecule has 0 N–H and O–H groups in total. The Morgan fingerprint density at radius 2 is 1.67 bits per heavy atom. The average Bonchev–Trinajstić information content (AvgIpc) is 3.38. The van der Waals surface area contributed by atoms with Crippen molar-refractivity contribution >= 4 is 32.3 Å². The van der Waals surface area contributed by atoms with Crippen LogP contribution in [-0.2, 0) is 13.5 Å². The normalized spacial score (nSPS) is 15.2. The van der Waals surface area contributed by atoms with Gasteiger partial charge in [-0.15, -0.1) is 0 Å². The van der Waals surface area contributed by atoms with Crippen LogP contribution in [-0.4, -0.2) is 0 Å². The molecule has 0 radical (unpaired) electrons. The highest BCUT2D eigenvalue weighted by Crippen LogP contribution is 2.54. The largest absolute Gasteiger partial charge is 0.455 e. The number of benzene rings is 4. The number of nitrogens with zero attached hydrogens (tertiary/aromatic N) is 1. The zero-order valence-electron chi connectivity index (χ0n) is 21.8. The lowest BCUT2D eigenvalue weighted by atomic mass is 9.84. The van der Waals surface area contributed by atoms with E-state index in [1.165, 1.54) is 92.4 Å². The van der Waals surface area contributed by atoms with Crippen LogP contribution < -0.4 is 9.30 Å².